The van der Waals surface area contributed by atoms with Gasteiger partial charge in [0.1, 0.15) is 5.04 Å². The largest absolute Gasteiger partial charge is 0.283 e. The van der Waals surface area contributed by atoms with E-state index >= 15 is 0 Å². The second-order valence-corrected chi connectivity index (χ2v) is 9.17. The van der Waals surface area contributed by atoms with E-state index in [-0.39, 0.29) is 17.3 Å². The normalized spacial score (nSPS) is 21.2. The van der Waals surface area contributed by atoms with E-state index in [9.17, 15) is 4.79 Å². The first kappa shape index (κ1) is 19.2. The van der Waals surface area contributed by atoms with Crippen molar-refractivity contribution < 1.29 is 4.79 Å². The summed E-state index contributed by atoms with van der Waals surface area (Å²) in [6.45, 7) is 0. The van der Waals surface area contributed by atoms with Gasteiger partial charge in [0, 0.05) is 0 Å². The zero-order chi connectivity index (χ0) is 20.5. The number of thioether (sulfide) groups is 1. The highest BCUT2D eigenvalue weighted by Gasteiger charge is 2.35. The van der Waals surface area contributed by atoms with E-state index in [1.54, 1.807) is 6.08 Å². The quantitative estimate of drug-likeness (QED) is 0.639. The lowest BCUT2D eigenvalue weighted by atomic mass is 9.86. The number of hydrogen-bond acceptors (Lipinski definition) is 4. The molecule has 1 N–H and O–H groups in total. The molecule has 152 valence electrons. The molecule has 1 amide bonds. The summed E-state index contributed by atoms with van der Waals surface area (Å²) in [7, 11) is 0. The minimum absolute atomic E-state index is 0.109. The van der Waals surface area contributed by atoms with Gasteiger partial charge in [0.05, 0.1) is 5.57 Å². The number of aliphatic imine (C=N–C) groups is 1. The number of benzene rings is 2. The van der Waals surface area contributed by atoms with E-state index in [1.807, 2.05) is 42.5 Å². The number of hydrogen-bond donors (Lipinski definition) is 1. The maximum atomic E-state index is 12.7. The lowest BCUT2D eigenvalue weighted by Crippen LogP contribution is -2.35. The van der Waals surface area contributed by atoms with Crippen LogP contribution in [0.1, 0.15) is 50.5 Å². The number of fused-ring (bicyclic) bond motifs is 2. The SMILES string of the molecule is N=C1/C(=C/c2cccc3ccccc23)C(=O)N=C2SC(CCC3CCCCC3)=NN12. The van der Waals surface area contributed by atoms with Crippen LogP contribution in [0.25, 0.3) is 16.8 Å². The third kappa shape index (κ3) is 3.72. The van der Waals surface area contributed by atoms with Crippen LogP contribution in [0.3, 0.4) is 0 Å². The van der Waals surface area contributed by atoms with Crippen LogP contribution in [0.5, 0.6) is 0 Å². The molecule has 0 bridgehead atoms. The number of hydrazone groups is 1. The van der Waals surface area contributed by atoms with Gasteiger partial charge in [-0.15, -0.1) is 0 Å². The second-order valence-electron chi connectivity index (χ2n) is 8.12. The highest BCUT2D eigenvalue weighted by atomic mass is 32.2. The van der Waals surface area contributed by atoms with Crippen LogP contribution in [0.4, 0.5) is 0 Å². The summed E-state index contributed by atoms with van der Waals surface area (Å²) in [5.41, 5.74) is 1.20. The molecule has 2 aliphatic heterocycles. The standard InChI is InChI=1S/C24H24N4OS/c25-22-20(15-18-11-6-10-17-9-4-5-12-19(17)18)23(29)26-24-28(22)27-21(30-24)14-13-16-7-2-1-3-8-16/h4-6,9-12,15-16,25H,1-3,7-8,13-14H2/b20-15-,25-22?. The van der Waals surface area contributed by atoms with Gasteiger partial charge in [-0.1, -0.05) is 74.6 Å². The summed E-state index contributed by atoms with van der Waals surface area (Å²) < 4.78 is 0. The monoisotopic (exact) mass is 416 g/mol. The average Bonchev–Trinajstić information content (AvgIpc) is 3.19. The topological polar surface area (TPSA) is 68.9 Å². The highest BCUT2D eigenvalue weighted by Crippen LogP contribution is 2.33. The van der Waals surface area contributed by atoms with Crippen molar-refractivity contribution in [3.05, 3.63) is 53.6 Å². The Labute approximate surface area is 180 Å². The van der Waals surface area contributed by atoms with Gasteiger partial charge in [-0.05, 0) is 52.9 Å². The molecule has 1 saturated carbocycles. The van der Waals surface area contributed by atoms with Gasteiger partial charge in [-0.3, -0.25) is 10.2 Å². The molecule has 5 rings (SSSR count). The fourth-order valence-electron chi connectivity index (χ4n) is 4.47. The number of amides is 1. The molecule has 0 atom stereocenters. The molecule has 30 heavy (non-hydrogen) atoms. The van der Waals surface area contributed by atoms with Crippen molar-refractivity contribution in [2.24, 2.45) is 16.0 Å². The number of rotatable bonds is 4. The summed E-state index contributed by atoms with van der Waals surface area (Å²) >= 11 is 1.44. The lowest BCUT2D eigenvalue weighted by molar-refractivity contribution is -0.114. The molecule has 2 aromatic carbocycles. The predicted molar refractivity (Wildman–Crippen MR) is 125 cm³/mol. The Bertz CT molecular complexity index is 1110. The van der Waals surface area contributed by atoms with Gasteiger partial charge in [0.25, 0.3) is 5.91 Å². The van der Waals surface area contributed by atoms with Gasteiger partial charge < -0.3 is 0 Å². The van der Waals surface area contributed by atoms with Gasteiger partial charge in [-0.2, -0.15) is 15.1 Å². The molecule has 0 unspecified atom stereocenters. The van der Waals surface area contributed by atoms with E-state index in [4.69, 9.17) is 5.41 Å². The summed E-state index contributed by atoms with van der Waals surface area (Å²) in [4.78, 5) is 17.0. The molecule has 1 aliphatic carbocycles. The van der Waals surface area contributed by atoms with E-state index in [2.05, 4.69) is 10.1 Å². The molecule has 0 radical (unpaired) electrons. The molecule has 2 aromatic rings. The van der Waals surface area contributed by atoms with Crippen molar-refractivity contribution in [3.8, 4) is 0 Å². The van der Waals surface area contributed by atoms with Crippen LogP contribution in [0.15, 0.2) is 58.1 Å². The average molecular weight is 417 g/mol. The Balaban J connectivity index is 1.38. The highest BCUT2D eigenvalue weighted by molar-refractivity contribution is 8.26. The van der Waals surface area contributed by atoms with Gasteiger partial charge in [0.2, 0.25) is 5.17 Å². The fraction of sp³-hybridized carbons (Fsp3) is 0.333. The lowest BCUT2D eigenvalue weighted by Gasteiger charge is -2.20. The molecule has 1 fully saturated rings. The summed E-state index contributed by atoms with van der Waals surface area (Å²) in [6, 6.07) is 14.0. The fourth-order valence-corrected chi connectivity index (χ4v) is 5.37. The summed E-state index contributed by atoms with van der Waals surface area (Å²) in [6.07, 6.45) is 10.5. The second kappa shape index (κ2) is 8.19. The Hall–Kier alpha value is -2.73. The first-order valence-corrected chi connectivity index (χ1v) is 11.5. The van der Waals surface area contributed by atoms with E-state index in [0.29, 0.717) is 5.17 Å². The van der Waals surface area contributed by atoms with E-state index in [0.717, 1.165) is 40.1 Å². The molecule has 5 nitrogen and oxygen atoms in total. The van der Waals surface area contributed by atoms with Crippen LogP contribution >= 0.6 is 11.8 Å². The maximum absolute atomic E-state index is 12.7. The first-order chi connectivity index (χ1) is 14.7. The molecular formula is C24H24N4OS. The van der Waals surface area contributed by atoms with Crippen LogP contribution in [-0.4, -0.2) is 27.0 Å². The van der Waals surface area contributed by atoms with Crippen molar-refractivity contribution in [2.45, 2.75) is 44.9 Å². The Morgan fingerprint density at radius 2 is 1.90 bits per heavy atom. The van der Waals surface area contributed by atoms with Gasteiger partial charge >= 0.3 is 0 Å². The van der Waals surface area contributed by atoms with Crippen LogP contribution in [0.2, 0.25) is 0 Å². The van der Waals surface area contributed by atoms with E-state index < -0.39 is 0 Å². The third-order valence-corrected chi connectivity index (χ3v) is 7.08. The van der Waals surface area contributed by atoms with E-state index in [1.165, 1.54) is 48.9 Å². The maximum Gasteiger partial charge on any atom is 0.283 e. The third-order valence-electron chi connectivity index (χ3n) is 6.11. The molecule has 6 heteroatoms. The predicted octanol–water partition coefficient (Wildman–Crippen LogP) is 5.82. The summed E-state index contributed by atoms with van der Waals surface area (Å²) in [5, 5.41) is 18.4. The molecular weight excluding hydrogens is 392 g/mol. The van der Waals surface area contributed by atoms with Crippen molar-refractivity contribution in [1.82, 2.24) is 5.01 Å². The van der Waals surface area contributed by atoms with Gasteiger partial charge in [0.15, 0.2) is 5.84 Å². The van der Waals surface area contributed by atoms with Crippen molar-refractivity contribution in [1.29, 1.82) is 5.41 Å². The number of nitrogens with one attached hydrogen (secondary N) is 1. The molecule has 0 saturated heterocycles. The number of carbonyl (C=O) groups excluding carboxylic acids is 1. The Morgan fingerprint density at radius 3 is 2.77 bits per heavy atom. The minimum atomic E-state index is -0.365. The zero-order valence-electron chi connectivity index (χ0n) is 16.8. The van der Waals surface area contributed by atoms with Crippen molar-refractivity contribution in [2.75, 3.05) is 0 Å². The number of nitrogens with zero attached hydrogens (tertiary/aromatic N) is 3. The minimum Gasteiger partial charge on any atom is -0.282 e. The molecule has 2 heterocycles. The zero-order valence-corrected chi connectivity index (χ0v) is 17.6. The summed E-state index contributed by atoms with van der Waals surface area (Å²) in [5.74, 6) is 0.526. The Morgan fingerprint density at radius 1 is 1.10 bits per heavy atom. The first-order valence-electron chi connectivity index (χ1n) is 10.7. The van der Waals surface area contributed by atoms with Crippen LogP contribution in [0, 0.1) is 11.3 Å². The molecule has 0 spiro atoms. The van der Waals surface area contributed by atoms with Crippen molar-refractivity contribution in [3.63, 3.8) is 0 Å². The number of amidine groups is 2. The van der Waals surface area contributed by atoms with Gasteiger partial charge in [-0.25, -0.2) is 0 Å². The van der Waals surface area contributed by atoms with Crippen LogP contribution in [-0.2, 0) is 4.79 Å². The molecule has 0 aromatic heterocycles. The van der Waals surface area contributed by atoms with Crippen molar-refractivity contribution >= 4 is 50.6 Å². The molecule has 3 aliphatic rings. The van der Waals surface area contributed by atoms with Crippen LogP contribution < -0.4 is 0 Å². The Kier molecular flexibility index (Phi) is 5.25. The number of carbonyl (C=O) groups is 1. The smallest absolute Gasteiger partial charge is 0.282 e.